The van der Waals surface area contributed by atoms with E-state index in [1.54, 1.807) is 0 Å². The summed E-state index contributed by atoms with van der Waals surface area (Å²) in [5, 5.41) is 3.45. The number of nitrogens with one attached hydrogen (secondary N) is 1. The smallest absolute Gasteiger partial charge is 0.122 e. The van der Waals surface area contributed by atoms with E-state index >= 15 is 0 Å². The Hall–Kier alpha value is -1.10. The molecule has 3 aliphatic rings. The number of hydrogen-bond donors (Lipinski definition) is 1. The van der Waals surface area contributed by atoms with Crippen molar-refractivity contribution in [3.63, 3.8) is 0 Å². The molecule has 0 spiro atoms. The number of fused-ring (bicyclic) bond motifs is 1. The summed E-state index contributed by atoms with van der Waals surface area (Å²) in [6, 6.07) is 7.54. The van der Waals surface area contributed by atoms with Gasteiger partial charge in [-0.2, -0.15) is 0 Å². The van der Waals surface area contributed by atoms with Crippen molar-refractivity contribution >= 4 is 0 Å². The van der Waals surface area contributed by atoms with Gasteiger partial charge in [-0.05, 0) is 36.6 Å². The van der Waals surface area contributed by atoms with Gasteiger partial charge < -0.3 is 15.0 Å². The van der Waals surface area contributed by atoms with E-state index in [0.717, 1.165) is 37.9 Å². The lowest BCUT2D eigenvalue weighted by molar-refractivity contribution is 0.172. The molecular weight excluding hydrogens is 274 g/mol. The van der Waals surface area contributed by atoms with Crippen LogP contribution in [-0.4, -0.2) is 68.3 Å². The van der Waals surface area contributed by atoms with Crippen molar-refractivity contribution in [1.29, 1.82) is 0 Å². The molecule has 1 unspecified atom stereocenters. The van der Waals surface area contributed by atoms with Gasteiger partial charge in [0.25, 0.3) is 0 Å². The maximum Gasteiger partial charge on any atom is 0.122 e. The number of likely N-dealkylation sites (tertiary alicyclic amines) is 1. The highest BCUT2D eigenvalue weighted by Crippen LogP contribution is 2.26. The third-order valence-corrected chi connectivity index (χ3v) is 5.39. The van der Waals surface area contributed by atoms with E-state index in [0.29, 0.717) is 0 Å². The third-order valence-electron chi connectivity index (χ3n) is 5.39. The number of piperazine rings is 1. The van der Waals surface area contributed by atoms with Crippen molar-refractivity contribution in [2.24, 2.45) is 0 Å². The number of nitrogens with zero attached hydrogens (tertiary/aromatic N) is 2. The van der Waals surface area contributed by atoms with E-state index in [1.165, 1.54) is 56.7 Å². The maximum absolute atomic E-state index is 5.59. The average molecular weight is 301 g/mol. The standard InChI is InChI=1S/C18H27N3O/c1-2-18-16(5-12-22-18)13-15(1)3-8-20-9-4-17(14-20)21-10-6-19-7-11-21/h1-2,13,17,19H,3-12,14H2. The summed E-state index contributed by atoms with van der Waals surface area (Å²) in [6.07, 6.45) is 3.59. The predicted octanol–water partition coefficient (Wildman–Crippen LogP) is 1.14. The number of ether oxygens (including phenoxy) is 1. The molecule has 0 aromatic heterocycles. The van der Waals surface area contributed by atoms with Crippen molar-refractivity contribution in [3.8, 4) is 5.75 Å². The summed E-state index contributed by atoms with van der Waals surface area (Å²) in [5.74, 6) is 1.10. The van der Waals surface area contributed by atoms with Gasteiger partial charge >= 0.3 is 0 Å². The predicted molar refractivity (Wildman–Crippen MR) is 88.6 cm³/mol. The summed E-state index contributed by atoms with van der Waals surface area (Å²) >= 11 is 0. The van der Waals surface area contributed by atoms with Gasteiger partial charge in [0.1, 0.15) is 5.75 Å². The highest BCUT2D eigenvalue weighted by molar-refractivity contribution is 5.39. The molecule has 0 radical (unpaired) electrons. The molecule has 2 fully saturated rings. The minimum atomic E-state index is 0.788. The van der Waals surface area contributed by atoms with Crippen molar-refractivity contribution < 1.29 is 4.74 Å². The van der Waals surface area contributed by atoms with Crippen LogP contribution < -0.4 is 10.1 Å². The first-order chi connectivity index (χ1) is 10.9. The van der Waals surface area contributed by atoms with Crippen LogP contribution in [0.5, 0.6) is 5.75 Å². The Bertz CT molecular complexity index is 513. The molecule has 1 atom stereocenters. The molecule has 0 amide bonds. The first-order valence-electron chi connectivity index (χ1n) is 8.80. The van der Waals surface area contributed by atoms with E-state index in [-0.39, 0.29) is 0 Å². The van der Waals surface area contributed by atoms with Gasteiger partial charge in [-0.15, -0.1) is 0 Å². The Morgan fingerprint density at radius 2 is 2.09 bits per heavy atom. The molecular formula is C18H27N3O. The molecule has 0 saturated carbocycles. The molecule has 1 aromatic carbocycles. The molecule has 0 bridgehead atoms. The van der Waals surface area contributed by atoms with Gasteiger partial charge in [-0.3, -0.25) is 4.90 Å². The molecule has 4 heteroatoms. The minimum absolute atomic E-state index is 0.788. The van der Waals surface area contributed by atoms with Crippen molar-refractivity contribution in [3.05, 3.63) is 29.3 Å². The van der Waals surface area contributed by atoms with Crippen LogP contribution in [0.15, 0.2) is 18.2 Å². The van der Waals surface area contributed by atoms with Crippen LogP contribution in [0, 0.1) is 0 Å². The molecule has 3 heterocycles. The fourth-order valence-corrected chi connectivity index (χ4v) is 4.04. The second-order valence-electron chi connectivity index (χ2n) is 6.82. The van der Waals surface area contributed by atoms with Crippen LogP contribution >= 0.6 is 0 Å². The van der Waals surface area contributed by atoms with Gasteiger partial charge in [-0.1, -0.05) is 12.1 Å². The van der Waals surface area contributed by atoms with Crippen molar-refractivity contribution in [1.82, 2.24) is 15.1 Å². The Labute approximate surface area is 133 Å². The third kappa shape index (κ3) is 3.14. The molecule has 4 rings (SSSR count). The fraction of sp³-hybridized carbons (Fsp3) is 0.667. The van der Waals surface area contributed by atoms with E-state index in [9.17, 15) is 0 Å². The first kappa shape index (κ1) is 14.5. The van der Waals surface area contributed by atoms with Gasteiger partial charge in [-0.25, -0.2) is 0 Å². The summed E-state index contributed by atoms with van der Waals surface area (Å²) in [7, 11) is 0. The quantitative estimate of drug-likeness (QED) is 0.903. The van der Waals surface area contributed by atoms with Crippen molar-refractivity contribution in [2.75, 3.05) is 52.4 Å². The van der Waals surface area contributed by atoms with E-state index in [2.05, 4.69) is 33.3 Å². The highest BCUT2D eigenvalue weighted by atomic mass is 16.5. The average Bonchev–Trinajstić information content (AvgIpc) is 3.22. The van der Waals surface area contributed by atoms with E-state index in [1.807, 2.05) is 0 Å². The Kier molecular flexibility index (Phi) is 4.33. The van der Waals surface area contributed by atoms with Crippen LogP contribution in [0.4, 0.5) is 0 Å². The number of rotatable bonds is 4. The normalized spacial score (nSPS) is 26.1. The molecule has 0 aliphatic carbocycles. The molecule has 3 aliphatic heterocycles. The fourth-order valence-electron chi connectivity index (χ4n) is 4.04. The van der Waals surface area contributed by atoms with Crippen LogP contribution in [0.2, 0.25) is 0 Å². The minimum Gasteiger partial charge on any atom is -0.493 e. The second-order valence-corrected chi connectivity index (χ2v) is 6.82. The second kappa shape index (κ2) is 6.57. The van der Waals surface area contributed by atoms with Gasteiger partial charge in [0.05, 0.1) is 6.61 Å². The van der Waals surface area contributed by atoms with Crippen molar-refractivity contribution in [2.45, 2.75) is 25.3 Å². The van der Waals surface area contributed by atoms with Gasteiger partial charge in [0.2, 0.25) is 0 Å². The topological polar surface area (TPSA) is 27.7 Å². The van der Waals surface area contributed by atoms with Gasteiger partial charge in [0, 0.05) is 51.7 Å². The summed E-state index contributed by atoms with van der Waals surface area (Å²) in [4.78, 5) is 5.33. The molecule has 2 saturated heterocycles. The summed E-state index contributed by atoms with van der Waals surface area (Å²) < 4.78 is 5.59. The lowest BCUT2D eigenvalue weighted by Gasteiger charge is -2.32. The monoisotopic (exact) mass is 301 g/mol. The maximum atomic E-state index is 5.59. The molecule has 120 valence electrons. The zero-order valence-electron chi connectivity index (χ0n) is 13.4. The molecule has 1 N–H and O–H groups in total. The van der Waals surface area contributed by atoms with Gasteiger partial charge in [0.15, 0.2) is 0 Å². The lowest BCUT2D eigenvalue weighted by atomic mass is 10.1. The van der Waals surface area contributed by atoms with Crippen LogP contribution in [0.1, 0.15) is 17.5 Å². The zero-order valence-corrected chi connectivity index (χ0v) is 13.4. The highest BCUT2D eigenvalue weighted by Gasteiger charge is 2.28. The van der Waals surface area contributed by atoms with Crippen LogP contribution in [0.3, 0.4) is 0 Å². The Balaban J connectivity index is 1.27. The SMILES string of the molecule is c1cc2c(cc1CCN1CCC(N3CCNCC3)C1)CCO2. The Morgan fingerprint density at radius 3 is 3.00 bits per heavy atom. The Morgan fingerprint density at radius 1 is 1.18 bits per heavy atom. The van der Waals surface area contributed by atoms with Crippen LogP contribution in [-0.2, 0) is 12.8 Å². The van der Waals surface area contributed by atoms with E-state index < -0.39 is 0 Å². The zero-order chi connectivity index (χ0) is 14.8. The number of hydrogen-bond acceptors (Lipinski definition) is 4. The lowest BCUT2D eigenvalue weighted by Crippen LogP contribution is -2.49. The largest absolute Gasteiger partial charge is 0.493 e. The molecule has 22 heavy (non-hydrogen) atoms. The van der Waals surface area contributed by atoms with E-state index in [4.69, 9.17) is 4.74 Å². The first-order valence-corrected chi connectivity index (χ1v) is 8.80. The molecule has 4 nitrogen and oxygen atoms in total. The summed E-state index contributed by atoms with van der Waals surface area (Å²) in [5.41, 5.74) is 2.87. The number of benzene rings is 1. The summed E-state index contributed by atoms with van der Waals surface area (Å²) in [6.45, 7) is 9.35. The van der Waals surface area contributed by atoms with Crippen LogP contribution in [0.25, 0.3) is 0 Å². The molecule has 1 aromatic rings.